The predicted octanol–water partition coefficient (Wildman–Crippen LogP) is 3.62. The van der Waals surface area contributed by atoms with Crippen molar-refractivity contribution in [3.8, 4) is 5.69 Å². The van der Waals surface area contributed by atoms with Crippen LogP contribution in [0.15, 0.2) is 53.5 Å². The number of aryl methyl sites for hydroxylation is 1. The van der Waals surface area contributed by atoms with Crippen molar-refractivity contribution in [2.75, 3.05) is 0 Å². The van der Waals surface area contributed by atoms with Crippen LogP contribution < -0.4 is 10.9 Å². The van der Waals surface area contributed by atoms with Crippen molar-refractivity contribution in [3.05, 3.63) is 81.5 Å². The summed E-state index contributed by atoms with van der Waals surface area (Å²) in [5.41, 5.74) is 6.21. The number of hydrogen-bond acceptors (Lipinski definition) is 3. The third-order valence-electron chi connectivity index (χ3n) is 6.28. The molecule has 0 spiro atoms. The maximum atomic E-state index is 12.0. The quantitative estimate of drug-likeness (QED) is 0.762. The van der Waals surface area contributed by atoms with Gasteiger partial charge < -0.3 is 9.88 Å². The summed E-state index contributed by atoms with van der Waals surface area (Å²) >= 11 is 0. The highest BCUT2D eigenvalue weighted by molar-refractivity contribution is 5.35. The number of fused-ring (bicyclic) bond motifs is 2. The molecule has 2 heterocycles. The highest BCUT2D eigenvalue weighted by atomic mass is 16.1. The van der Waals surface area contributed by atoms with E-state index in [2.05, 4.69) is 35.8 Å². The molecular weight excluding hydrogens is 348 g/mol. The molecule has 2 atom stereocenters. The lowest BCUT2D eigenvalue weighted by atomic mass is 9.87. The zero-order chi connectivity index (χ0) is 19.1. The summed E-state index contributed by atoms with van der Waals surface area (Å²) in [5.74, 6) is 0. The van der Waals surface area contributed by atoms with Gasteiger partial charge in [0, 0.05) is 42.7 Å². The van der Waals surface area contributed by atoms with Gasteiger partial charge in [0.1, 0.15) is 0 Å². The van der Waals surface area contributed by atoms with E-state index in [1.165, 1.54) is 22.5 Å². The van der Waals surface area contributed by atoms with Crippen molar-refractivity contribution >= 4 is 0 Å². The van der Waals surface area contributed by atoms with Crippen molar-refractivity contribution in [1.29, 1.82) is 0 Å². The molecule has 28 heavy (non-hydrogen) atoms. The molecule has 5 heteroatoms. The highest BCUT2D eigenvalue weighted by Crippen LogP contribution is 2.35. The molecule has 5 rings (SSSR count). The standard InChI is InChI=1S/C23H26N4O/c1-26-22-12-6-10-19(17(22)13-14-23(26)28)24-20-9-5-11-21-18(20)15-27(25-21)16-7-3-2-4-8-16/h2-4,7-8,13-15,19-20,24H,5-6,9-12H2,1H3. The first kappa shape index (κ1) is 17.4. The maximum absolute atomic E-state index is 12.0. The zero-order valence-electron chi connectivity index (χ0n) is 16.3. The number of aromatic nitrogens is 3. The molecule has 3 aromatic rings. The fraction of sp³-hybridized carbons (Fsp3) is 0.391. The van der Waals surface area contributed by atoms with E-state index in [-0.39, 0.29) is 5.56 Å². The first-order valence-electron chi connectivity index (χ1n) is 10.3. The van der Waals surface area contributed by atoms with Crippen LogP contribution in [-0.4, -0.2) is 14.3 Å². The number of para-hydroxylation sites is 1. The van der Waals surface area contributed by atoms with Gasteiger partial charge in [-0.1, -0.05) is 24.3 Å². The maximum Gasteiger partial charge on any atom is 0.250 e. The third kappa shape index (κ3) is 3.00. The number of pyridine rings is 1. The Kier molecular flexibility index (Phi) is 4.40. The molecular formula is C23H26N4O. The summed E-state index contributed by atoms with van der Waals surface area (Å²) in [6.07, 6.45) is 8.75. The zero-order valence-corrected chi connectivity index (χ0v) is 16.3. The van der Waals surface area contributed by atoms with Crippen molar-refractivity contribution in [1.82, 2.24) is 19.7 Å². The van der Waals surface area contributed by atoms with Crippen LogP contribution in [0.1, 0.15) is 60.3 Å². The van der Waals surface area contributed by atoms with Crippen LogP contribution in [0, 0.1) is 0 Å². The smallest absolute Gasteiger partial charge is 0.250 e. The van der Waals surface area contributed by atoms with Gasteiger partial charge in [0.15, 0.2) is 0 Å². The van der Waals surface area contributed by atoms with Gasteiger partial charge in [-0.2, -0.15) is 5.10 Å². The van der Waals surface area contributed by atoms with Gasteiger partial charge in [0.2, 0.25) is 5.56 Å². The lowest BCUT2D eigenvalue weighted by Gasteiger charge is -2.32. The number of rotatable bonds is 3. The largest absolute Gasteiger partial charge is 0.315 e. The van der Waals surface area contributed by atoms with E-state index < -0.39 is 0 Å². The molecule has 0 amide bonds. The molecule has 0 fully saturated rings. The van der Waals surface area contributed by atoms with Gasteiger partial charge in [-0.3, -0.25) is 4.79 Å². The summed E-state index contributed by atoms with van der Waals surface area (Å²) < 4.78 is 3.84. The van der Waals surface area contributed by atoms with Crippen molar-refractivity contribution in [3.63, 3.8) is 0 Å². The van der Waals surface area contributed by atoms with E-state index in [1.54, 1.807) is 6.07 Å². The normalized spacial score (nSPS) is 21.2. The van der Waals surface area contributed by atoms with E-state index in [0.717, 1.165) is 44.2 Å². The minimum Gasteiger partial charge on any atom is -0.315 e. The summed E-state index contributed by atoms with van der Waals surface area (Å²) in [6.45, 7) is 0. The van der Waals surface area contributed by atoms with Crippen LogP contribution in [0.3, 0.4) is 0 Å². The Morgan fingerprint density at radius 1 is 0.964 bits per heavy atom. The molecule has 5 nitrogen and oxygen atoms in total. The SMILES string of the molecule is Cn1c2c(ccc1=O)C(NC1CCCc3nn(-c4ccccc4)cc31)CCC2. The van der Waals surface area contributed by atoms with Crippen LogP contribution in [0.25, 0.3) is 5.69 Å². The molecule has 2 aliphatic carbocycles. The van der Waals surface area contributed by atoms with E-state index in [0.29, 0.717) is 12.1 Å². The van der Waals surface area contributed by atoms with Gasteiger partial charge in [0.05, 0.1) is 11.4 Å². The Labute approximate surface area is 165 Å². The van der Waals surface area contributed by atoms with Crippen LogP contribution in [-0.2, 0) is 19.9 Å². The predicted molar refractivity (Wildman–Crippen MR) is 110 cm³/mol. The highest BCUT2D eigenvalue weighted by Gasteiger charge is 2.29. The van der Waals surface area contributed by atoms with Gasteiger partial charge in [0.25, 0.3) is 0 Å². The summed E-state index contributed by atoms with van der Waals surface area (Å²) in [6, 6.07) is 14.7. The van der Waals surface area contributed by atoms with Gasteiger partial charge in [-0.05, 0) is 56.2 Å². The van der Waals surface area contributed by atoms with E-state index in [9.17, 15) is 4.79 Å². The second kappa shape index (κ2) is 7.06. The lowest BCUT2D eigenvalue weighted by Crippen LogP contribution is -2.33. The minimum absolute atomic E-state index is 0.0866. The molecule has 2 aliphatic rings. The molecule has 0 aliphatic heterocycles. The summed E-state index contributed by atoms with van der Waals surface area (Å²) in [5, 5.41) is 8.78. The fourth-order valence-corrected chi connectivity index (χ4v) is 4.79. The number of nitrogens with zero attached hydrogens (tertiary/aromatic N) is 3. The van der Waals surface area contributed by atoms with Crippen LogP contribution in [0.5, 0.6) is 0 Å². The molecule has 144 valence electrons. The average Bonchev–Trinajstić information content (AvgIpc) is 3.17. The Hall–Kier alpha value is -2.66. The second-order valence-electron chi connectivity index (χ2n) is 8.00. The topological polar surface area (TPSA) is 51.9 Å². The van der Waals surface area contributed by atoms with E-state index >= 15 is 0 Å². The van der Waals surface area contributed by atoms with Gasteiger partial charge in [-0.25, -0.2) is 4.68 Å². The van der Waals surface area contributed by atoms with Gasteiger partial charge >= 0.3 is 0 Å². The molecule has 1 N–H and O–H groups in total. The molecule has 1 aromatic carbocycles. The van der Waals surface area contributed by atoms with E-state index in [1.807, 2.05) is 28.4 Å². The Bertz CT molecular complexity index is 1050. The molecule has 2 unspecified atom stereocenters. The molecule has 0 saturated heterocycles. The van der Waals surface area contributed by atoms with E-state index in [4.69, 9.17) is 5.10 Å². The molecule has 0 radical (unpaired) electrons. The molecule has 2 aromatic heterocycles. The summed E-state index contributed by atoms with van der Waals surface area (Å²) in [7, 11) is 1.89. The average molecular weight is 374 g/mol. The number of nitrogens with one attached hydrogen (secondary N) is 1. The van der Waals surface area contributed by atoms with Crippen molar-refractivity contribution in [2.24, 2.45) is 7.05 Å². The van der Waals surface area contributed by atoms with Crippen LogP contribution >= 0.6 is 0 Å². The van der Waals surface area contributed by atoms with Crippen LogP contribution in [0.4, 0.5) is 0 Å². The first-order chi connectivity index (χ1) is 13.7. The summed E-state index contributed by atoms with van der Waals surface area (Å²) in [4.78, 5) is 12.0. The monoisotopic (exact) mass is 374 g/mol. The minimum atomic E-state index is 0.0866. The van der Waals surface area contributed by atoms with Crippen molar-refractivity contribution in [2.45, 2.75) is 50.6 Å². The van der Waals surface area contributed by atoms with Gasteiger partial charge in [-0.15, -0.1) is 0 Å². The number of hydrogen-bond donors (Lipinski definition) is 1. The van der Waals surface area contributed by atoms with Crippen molar-refractivity contribution < 1.29 is 0 Å². The Morgan fingerprint density at radius 2 is 1.71 bits per heavy atom. The number of benzene rings is 1. The second-order valence-corrected chi connectivity index (χ2v) is 8.00. The third-order valence-corrected chi connectivity index (χ3v) is 6.28. The fourth-order valence-electron chi connectivity index (χ4n) is 4.79. The molecule has 0 saturated carbocycles. The Balaban J connectivity index is 1.45. The lowest BCUT2D eigenvalue weighted by molar-refractivity contribution is 0.363. The van der Waals surface area contributed by atoms with Crippen LogP contribution in [0.2, 0.25) is 0 Å². The Morgan fingerprint density at radius 3 is 2.54 bits per heavy atom. The molecule has 0 bridgehead atoms. The first-order valence-corrected chi connectivity index (χ1v) is 10.3.